The SMILES string of the molecule is CCCCC(C)Nc1cccc(OC(F)F)c1. The van der Waals surface area contributed by atoms with Crippen molar-refractivity contribution in [2.45, 2.75) is 45.8 Å². The minimum Gasteiger partial charge on any atom is -0.435 e. The van der Waals surface area contributed by atoms with Crippen LogP contribution in [0.3, 0.4) is 0 Å². The molecule has 0 spiro atoms. The summed E-state index contributed by atoms with van der Waals surface area (Å²) in [7, 11) is 0. The van der Waals surface area contributed by atoms with E-state index in [1.165, 1.54) is 6.07 Å². The molecule has 0 amide bonds. The number of rotatable bonds is 7. The Hall–Kier alpha value is -1.32. The summed E-state index contributed by atoms with van der Waals surface area (Å²) < 4.78 is 28.4. The Morgan fingerprint density at radius 3 is 2.76 bits per heavy atom. The first-order chi connectivity index (χ1) is 8.11. The van der Waals surface area contributed by atoms with Gasteiger partial charge >= 0.3 is 6.61 Å². The fourth-order valence-corrected chi connectivity index (χ4v) is 1.63. The van der Waals surface area contributed by atoms with Crippen LogP contribution in [-0.4, -0.2) is 12.7 Å². The topological polar surface area (TPSA) is 21.3 Å². The first-order valence-electron chi connectivity index (χ1n) is 5.93. The largest absolute Gasteiger partial charge is 0.435 e. The van der Waals surface area contributed by atoms with Crippen molar-refractivity contribution in [2.24, 2.45) is 0 Å². The van der Waals surface area contributed by atoms with Gasteiger partial charge in [0.25, 0.3) is 0 Å². The molecule has 0 aliphatic carbocycles. The molecule has 0 fully saturated rings. The number of hydrogen-bond acceptors (Lipinski definition) is 2. The Morgan fingerprint density at radius 2 is 2.12 bits per heavy atom. The number of anilines is 1. The summed E-state index contributed by atoms with van der Waals surface area (Å²) in [6, 6.07) is 6.99. The predicted molar refractivity (Wildman–Crippen MR) is 65.7 cm³/mol. The van der Waals surface area contributed by atoms with Crippen molar-refractivity contribution in [2.75, 3.05) is 5.32 Å². The van der Waals surface area contributed by atoms with E-state index in [9.17, 15) is 8.78 Å². The second-order valence-corrected chi connectivity index (χ2v) is 4.09. The molecule has 0 radical (unpaired) electrons. The quantitative estimate of drug-likeness (QED) is 0.771. The summed E-state index contributed by atoms with van der Waals surface area (Å²) >= 11 is 0. The zero-order valence-electron chi connectivity index (χ0n) is 10.2. The zero-order chi connectivity index (χ0) is 12.7. The van der Waals surface area contributed by atoms with Crippen LogP contribution in [0.4, 0.5) is 14.5 Å². The highest BCUT2D eigenvalue weighted by Gasteiger charge is 2.06. The van der Waals surface area contributed by atoms with Gasteiger partial charge in [0.15, 0.2) is 0 Å². The van der Waals surface area contributed by atoms with Crippen molar-refractivity contribution < 1.29 is 13.5 Å². The number of alkyl halides is 2. The van der Waals surface area contributed by atoms with E-state index in [0.29, 0.717) is 6.04 Å². The number of ether oxygens (including phenoxy) is 1. The van der Waals surface area contributed by atoms with Crippen molar-refractivity contribution in [1.82, 2.24) is 0 Å². The summed E-state index contributed by atoms with van der Waals surface area (Å²) in [6.45, 7) is 1.45. The monoisotopic (exact) mass is 243 g/mol. The fourth-order valence-electron chi connectivity index (χ4n) is 1.63. The van der Waals surface area contributed by atoms with Crippen molar-refractivity contribution >= 4 is 5.69 Å². The van der Waals surface area contributed by atoms with Gasteiger partial charge < -0.3 is 10.1 Å². The lowest BCUT2D eigenvalue weighted by atomic mass is 10.1. The lowest BCUT2D eigenvalue weighted by molar-refractivity contribution is -0.0498. The van der Waals surface area contributed by atoms with E-state index >= 15 is 0 Å². The third-order valence-corrected chi connectivity index (χ3v) is 2.46. The van der Waals surface area contributed by atoms with E-state index in [1.54, 1.807) is 12.1 Å². The van der Waals surface area contributed by atoms with Gasteiger partial charge in [-0.1, -0.05) is 25.8 Å². The van der Waals surface area contributed by atoms with Crippen LogP contribution in [0.15, 0.2) is 24.3 Å². The van der Waals surface area contributed by atoms with Crippen molar-refractivity contribution in [3.63, 3.8) is 0 Å². The third-order valence-electron chi connectivity index (χ3n) is 2.46. The summed E-state index contributed by atoms with van der Waals surface area (Å²) in [5, 5.41) is 3.27. The number of benzene rings is 1. The summed E-state index contributed by atoms with van der Waals surface area (Å²) in [5.74, 6) is 0.188. The van der Waals surface area contributed by atoms with Gasteiger partial charge in [0.1, 0.15) is 5.75 Å². The lowest BCUT2D eigenvalue weighted by Gasteiger charge is -2.15. The van der Waals surface area contributed by atoms with Gasteiger partial charge in [-0.3, -0.25) is 0 Å². The smallest absolute Gasteiger partial charge is 0.387 e. The number of halogens is 2. The van der Waals surface area contributed by atoms with Crippen molar-refractivity contribution in [1.29, 1.82) is 0 Å². The Bertz CT molecular complexity index is 331. The maximum Gasteiger partial charge on any atom is 0.387 e. The van der Waals surface area contributed by atoms with Crippen LogP contribution < -0.4 is 10.1 Å². The molecule has 0 aliphatic heterocycles. The Kier molecular flexibility index (Phi) is 5.73. The van der Waals surface area contributed by atoms with Crippen LogP contribution in [-0.2, 0) is 0 Å². The minimum atomic E-state index is -2.78. The molecule has 1 aromatic rings. The molecule has 0 saturated heterocycles. The molecule has 1 atom stereocenters. The first-order valence-corrected chi connectivity index (χ1v) is 5.93. The van der Waals surface area contributed by atoms with Crippen LogP contribution >= 0.6 is 0 Å². The molecule has 1 aromatic carbocycles. The highest BCUT2D eigenvalue weighted by molar-refractivity contribution is 5.48. The molecule has 0 aliphatic rings. The highest BCUT2D eigenvalue weighted by atomic mass is 19.3. The average Bonchev–Trinajstić information content (AvgIpc) is 2.26. The molecule has 4 heteroatoms. The van der Waals surface area contributed by atoms with Gasteiger partial charge in [-0.15, -0.1) is 0 Å². The van der Waals surface area contributed by atoms with Gasteiger partial charge in [0, 0.05) is 17.8 Å². The molecule has 0 heterocycles. The molecule has 0 aromatic heterocycles. The second kappa shape index (κ2) is 7.09. The molecule has 0 bridgehead atoms. The lowest BCUT2D eigenvalue weighted by Crippen LogP contribution is -2.14. The molecule has 17 heavy (non-hydrogen) atoms. The fraction of sp³-hybridized carbons (Fsp3) is 0.538. The average molecular weight is 243 g/mol. The molecule has 1 N–H and O–H groups in total. The van der Waals surface area contributed by atoms with Crippen LogP contribution in [0.5, 0.6) is 5.75 Å². The van der Waals surface area contributed by atoms with Gasteiger partial charge in [0.2, 0.25) is 0 Å². The summed E-state index contributed by atoms with van der Waals surface area (Å²) in [6.07, 6.45) is 3.37. The van der Waals surface area contributed by atoms with Gasteiger partial charge in [0.05, 0.1) is 0 Å². The van der Waals surface area contributed by atoms with Crippen LogP contribution in [0.25, 0.3) is 0 Å². The molecule has 2 nitrogen and oxygen atoms in total. The standard InChI is InChI=1S/C13H19F2NO/c1-3-4-6-10(2)16-11-7-5-8-12(9-11)17-13(14)15/h5,7-10,13,16H,3-4,6H2,1-2H3. The van der Waals surface area contributed by atoms with Gasteiger partial charge in [-0.2, -0.15) is 8.78 Å². The van der Waals surface area contributed by atoms with E-state index in [1.807, 2.05) is 6.07 Å². The van der Waals surface area contributed by atoms with E-state index in [0.717, 1.165) is 24.9 Å². The van der Waals surface area contributed by atoms with E-state index in [-0.39, 0.29) is 5.75 Å². The number of unbranched alkanes of at least 4 members (excludes halogenated alkanes) is 1. The van der Waals surface area contributed by atoms with Gasteiger partial charge in [-0.05, 0) is 25.5 Å². The molecule has 1 rings (SSSR count). The summed E-state index contributed by atoms with van der Waals surface area (Å²) in [4.78, 5) is 0. The van der Waals surface area contributed by atoms with Crippen LogP contribution in [0.2, 0.25) is 0 Å². The van der Waals surface area contributed by atoms with E-state index < -0.39 is 6.61 Å². The first kappa shape index (κ1) is 13.7. The van der Waals surface area contributed by atoms with Crippen molar-refractivity contribution in [3.8, 4) is 5.75 Å². The Labute approximate surface area is 101 Å². The molecule has 0 saturated carbocycles. The Morgan fingerprint density at radius 1 is 1.35 bits per heavy atom. The minimum absolute atomic E-state index is 0.188. The predicted octanol–water partition coefficient (Wildman–Crippen LogP) is 4.28. The maximum atomic E-state index is 12.0. The molecular weight excluding hydrogens is 224 g/mol. The Balaban J connectivity index is 2.53. The van der Waals surface area contributed by atoms with Crippen molar-refractivity contribution in [3.05, 3.63) is 24.3 Å². The van der Waals surface area contributed by atoms with E-state index in [4.69, 9.17) is 0 Å². The van der Waals surface area contributed by atoms with Crippen LogP contribution in [0.1, 0.15) is 33.1 Å². The molecular formula is C13H19F2NO. The number of nitrogens with one attached hydrogen (secondary N) is 1. The van der Waals surface area contributed by atoms with E-state index in [2.05, 4.69) is 23.9 Å². The normalized spacial score (nSPS) is 12.5. The summed E-state index contributed by atoms with van der Waals surface area (Å²) in [5.41, 5.74) is 0.812. The maximum absolute atomic E-state index is 12.0. The second-order valence-electron chi connectivity index (χ2n) is 4.09. The van der Waals surface area contributed by atoms with Gasteiger partial charge in [-0.25, -0.2) is 0 Å². The highest BCUT2D eigenvalue weighted by Crippen LogP contribution is 2.20. The number of hydrogen-bond donors (Lipinski definition) is 1. The zero-order valence-corrected chi connectivity index (χ0v) is 10.2. The third kappa shape index (κ3) is 5.52. The molecule has 1 unspecified atom stereocenters. The van der Waals surface area contributed by atoms with Crippen LogP contribution in [0, 0.1) is 0 Å². The molecule has 96 valence electrons.